The Morgan fingerprint density at radius 2 is 1.48 bits per heavy atom. The summed E-state index contributed by atoms with van der Waals surface area (Å²) in [6.07, 6.45) is 6.45. The molecule has 0 N–H and O–H groups in total. The summed E-state index contributed by atoms with van der Waals surface area (Å²) in [5.41, 5.74) is 1.21. The molecule has 2 nitrogen and oxygen atoms in total. The summed E-state index contributed by atoms with van der Waals surface area (Å²) >= 11 is 0. The van der Waals surface area contributed by atoms with Crippen LogP contribution in [0.3, 0.4) is 0 Å². The van der Waals surface area contributed by atoms with Gasteiger partial charge in [0.25, 0.3) is 0 Å². The molecule has 0 atom stereocenters. The van der Waals surface area contributed by atoms with Crippen LogP contribution < -0.4 is 9.47 Å². The van der Waals surface area contributed by atoms with Crippen molar-refractivity contribution in [3.05, 3.63) is 60.7 Å². The van der Waals surface area contributed by atoms with Crippen molar-refractivity contribution in [2.24, 2.45) is 11.8 Å². The maximum absolute atomic E-state index is 14.5. The van der Waals surface area contributed by atoms with E-state index in [1.165, 1.54) is 12.1 Å². The number of benzene rings is 2. The molecule has 1 aliphatic rings. The molecular formula is C23H26F2O2. The van der Waals surface area contributed by atoms with Gasteiger partial charge in [-0.2, -0.15) is 0 Å². The third kappa shape index (κ3) is 4.88. The Morgan fingerprint density at radius 1 is 0.926 bits per heavy atom. The van der Waals surface area contributed by atoms with Crippen LogP contribution in [0.25, 0.3) is 11.1 Å². The highest BCUT2D eigenvalue weighted by Crippen LogP contribution is 2.32. The zero-order valence-corrected chi connectivity index (χ0v) is 15.7. The molecule has 2 aromatic carbocycles. The summed E-state index contributed by atoms with van der Waals surface area (Å²) in [4.78, 5) is 0. The van der Waals surface area contributed by atoms with Crippen LogP contribution in [0.15, 0.2) is 49.1 Å². The van der Waals surface area contributed by atoms with E-state index < -0.39 is 11.6 Å². The van der Waals surface area contributed by atoms with Crippen molar-refractivity contribution in [2.75, 3.05) is 13.2 Å². The highest BCUT2D eigenvalue weighted by molar-refractivity contribution is 5.65. The maximum Gasteiger partial charge on any atom is 0.165 e. The van der Waals surface area contributed by atoms with Crippen LogP contribution in [0.1, 0.15) is 32.6 Å². The van der Waals surface area contributed by atoms with Crippen molar-refractivity contribution in [1.29, 1.82) is 0 Å². The molecule has 2 aromatic rings. The van der Waals surface area contributed by atoms with Gasteiger partial charge in [-0.05, 0) is 79.8 Å². The van der Waals surface area contributed by atoms with Crippen molar-refractivity contribution in [3.63, 3.8) is 0 Å². The zero-order chi connectivity index (χ0) is 19.2. The first-order valence-electron chi connectivity index (χ1n) is 9.58. The van der Waals surface area contributed by atoms with Gasteiger partial charge in [-0.15, -0.1) is 6.58 Å². The van der Waals surface area contributed by atoms with Gasteiger partial charge in [0.15, 0.2) is 23.1 Å². The third-order valence-electron chi connectivity index (χ3n) is 5.20. The van der Waals surface area contributed by atoms with Gasteiger partial charge >= 0.3 is 0 Å². The van der Waals surface area contributed by atoms with Gasteiger partial charge in [0.2, 0.25) is 0 Å². The van der Waals surface area contributed by atoms with Gasteiger partial charge in [-0.25, -0.2) is 8.78 Å². The Balaban J connectivity index is 1.64. The summed E-state index contributed by atoms with van der Waals surface area (Å²) in [6, 6.07) is 9.41. The average molecular weight is 372 g/mol. The van der Waals surface area contributed by atoms with Crippen molar-refractivity contribution in [3.8, 4) is 22.6 Å². The molecule has 0 bridgehead atoms. The monoisotopic (exact) mass is 372 g/mol. The molecule has 1 fully saturated rings. The van der Waals surface area contributed by atoms with E-state index in [-0.39, 0.29) is 11.5 Å². The van der Waals surface area contributed by atoms with E-state index in [1.54, 1.807) is 31.2 Å². The van der Waals surface area contributed by atoms with E-state index in [0.717, 1.165) is 25.7 Å². The van der Waals surface area contributed by atoms with Crippen LogP contribution in [0, 0.1) is 23.5 Å². The fraction of sp³-hybridized carbons (Fsp3) is 0.391. The second-order valence-corrected chi connectivity index (χ2v) is 7.05. The van der Waals surface area contributed by atoms with E-state index in [4.69, 9.17) is 9.47 Å². The van der Waals surface area contributed by atoms with Crippen molar-refractivity contribution < 1.29 is 18.3 Å². The highest BCUT2D eigenvalue weighted by atomic mass is 19.1. The van der Waals surface area contributed by atoms with Crippen LogP contribution in [0.5, 0.6) is 11.5 Å². The van der Waals surface area contributed by atoms with Gasteiger partial charge in [0.1, 0.15) is 0 Å². The quantitative estimate of drug-likeness (QED) is 0.524. The molecule has 1 saturated carbocycles. The second kappa shape index (κ2) is 9.03. The van der Waals surface area contributed by atoms with E-state index in [1.807, 2.05) is 6.08 Å². The molecule has 0 unspecified atom stereocenters. The molecule has 144 valence electrons. The molecule has 27 heavy (non-hydrogen) atoms. The van der Waals surface area contributed by atoms with E-state index in [2.05, 4.69) is 6.58 Å². The number of halogens is 2. The Hall–Kier alpha value is -2.36. The molecule has 4 heteroatoms. The van der Waals surface area contributed by atoms with Gasteiger partial charge in [-0.1, -0.05) is 18.2 Å². The average Bonchev–Trinajstić information content (AvgIpc) is 2.69. The van der Waals surface area contributed by atoms with Crippen molar-refractivity contribution in [1.82, 2.24) is 0 Å². The molecule has 0 amide bonds. The molecule has 0 spiro atoms. The first-order valence-corrected chi connectivity index (χ1v) is 9.58. The lowest BCUT2D eigenvalue weighted by Crippen LogP contribution is -2.19. The SMILES string of the molecule is C=CC1CCC(COc2ccc(-c3ccc(OCC)c(F)c3)cc2F)CC1. The lowest BCUT2D eigenvalue weighted by atomic mass is 9.82. The van der Waals surface area contributed by atoms with Gasteiger partial charge in [-0.3, -0.25) is 0 Å². The van der Waals surface area contributed by atoms with Crippen LogP contribution in [-0.4, -0.2) is 13.2 Å². The maximum atomic E-state index is 14.5. The molecule has 0 heterocycles. The van der Waals surface area contributed by atoms with Crippen LogP contribution >= 0.6 is 0 Å². The van der Waals surface area contributed by atoms with E-state index in [0.29, 0.717) is 36.2 Å². The van der Waals surface area contributed by atoms with Gasteiger partial charge < -0.3 is 9.47 Å². The Labute approximate surface area is 159 Å². The first-order chi connectivity index (χ1) is 13.1. The molecular weight excluding hydrogens is 346 g/mol. The fourth-order valence-corrected chi connectivity index (χ4v) is 3.55. The summed E-state index contributed by atoms with van der Waals surface area (Å²) in [5, 5.41) is 0. The van der Waals surface area contributed by atoms with Crippen LogP contribution in [-0.2, 0) is 0 Å². The zero-order valence-electron chi connectivity index (χ0n) is 15.7. The molecule has 0 aliphatic heterocycles. The smallest absolute Gasteiger partial charge is 0.165 e. The van der Waals surface area contributed by atoms with Crippen LogP contribution in [0.2, 0.25) is 0 Å². The Kier molecular flexibility index (Phi) is 6.49. The largest absolute Gasteiger partial charge is 0.491 e. The van der Waals surface area contributed by atoms with Gasteiger partial charge in [0.05, 0.1) is 13.2 Å². The highest BCUT2D eigenvalue weighted by Gasteiger charge is 2.20. The summed E-state index contributed by atoms with van der Waals surface area (Å²) in [7, 11) is 0. The molecule has 0 saturated heterocycles. The normalized spacial score (nSPS) is 19.5. The Morgan fingerprint density at radius 3 is 1.96 bits per heavy atom. The number of hydrogen-bond donors (Lipinski definition) is 0. The number of rotatable bonds is 7. The molecule has 0 radical (unpaired) electrons. The fourth-order valence-electron chi connectivity index (χ4n) is 3.55. The first kappa shape index (κ1) is 19.4. The molecule has 3 rings (SSSR count). The molecule has 0 aromatic heterocycles. The molecule has 1 aliphatic carbocycles. The minimum atomic E-state index is -0.454. The van der Waals surface area contributed by atoms with Gasteiger partial charge in [0, 0.05) is 0 Å². The van der Waals surface area contributed by atoms with E-state index in [9.17, 15) is 8.78 Å². The predicted molar refractivity (Wildman–Crippen MR) is 104 cm³/mol. The topological polar surface area (TPSA) is 18.5 Å². The minimum absolute atomic E-state index is 0.202. The summed E-state index contributed by atoms with van der Waals surface area (Å²) < 4.78 is 39.4. The number of hydrogen-bond acceptors (Lipinski definition) is 2. The second-order valence-electron chi connectivity index (χ2n) is 7.05. The minimum Gasteiger partial charge on any atom is -0.491 e. The number of allylic oxidation sites excluding steroid dienone is 1. The summed E-state index contributed by atoms with van der Waals surface area (Å²) in [6.45, 7) is 6.57. The predicted octanol–water partition coefficient (Wildman–Crippen LogP) is 6.40. The lowest BCUT2D eigenvalue weighted by Gasteiger charge is -2.26. The van der Waals surface area contributed by atoms with Crippen LogP contribution in [0.4, 0.5) is 8.78 Å². The lowest BCUT2D eigenvalue weighted by molar-refractivity contribution is 0.189. The summed E-state index contributed by atoms with van der Waals surface area (Å²) in [5.74, 6) is 0.628. The standard InChI is InChI=1S/C23H26F2O2/c1-3-16-5-7-17(8-6-16)15-27-23-12-10-19(14-21(23)25)18-9-11-22(26-4-2)20(24)13-18/h3,9-14,16-17H,1,4-8,15H2,2H3. The number of ether oxygens (including phenoxy) is 2. The van der Waals surface area contributed by atoms with E-state index >= 15 is 0 Å². The Bertz CT molecular complexity index is 780. The van der Waals surface area contributed by atoms with Crippen molar-refractivity contribution >= 4 is 0 Å². The third-order valence-corrected chi connectivity index (χ3v) is 5.20. The van der Waals surface area contributed by atoms with Crippen molar-refractivity contribution in [2.45, 2.75) is 32.6 Å².